The average molecular weight is 275 g/mol. The topological polar surface area (TPSA) is 133 Å². The lowest BCUT2D eigenvalue weighted by molar-refractivity contribution is -0.146. The van der Waals surface area contributed by atoms with E-state index in [4.69, 9.17) is 15.9 Å². The van der Waals surface area contributed by atoms with Crippen molar-refractivity contribution in [1.29, 1.82) is 0 Å². The Balaban J connectivity index is 4.16. The standard InChI is InChI=1S/C11H21N3O5/c1-2-3-6-14(7-9(12)16)11(19)13-5-4-8(15)10(17)18/h8,15H,2-7H2,1H3,(H2,12,16)(H,13,19)(H,17,18). The molecule has 0 spiro atoms. The summed E-state index contributed by atoms with van der Waals surface area (Å²) in [4.78, 5) is 34.2. The van der Waals surface area contributed by atoms with Gasteiger partial charge < -0.3 is 26.2 Å². The van der Waals surface area contributed by atoms with Crippen LogP contribution in [0.2, 0.25) is 0 Å². The highest BCUT2D eigenvalue weighted by Crippen LogP contribution is 1.96. The molecule has 0 aromatic carbocycles. The molecule has 8 nitrogen and oxygen atoms in total. The third kappa shape index (κ3) is 7.98. The van der Waals surface area contributed by atoms with Crippen LogP contribution in [0.1, 0.15) is 26.2 Å². The van der Waals surface area contributed by atoms with Gasteiger partial charge in [0, 0.05) is 19.5 Å². The van der Waals surface area contributed by atoms with Crippen molar-refractivity contribution in [3.8, 4) is 0 Å². The number of aliphatic carboxylic acids is 1. The zero-order valence-corrected chi connectivity index (χ0v) is 11.0. The third-order valence-electron chi connectivity index (χ3n) is 2.39. The molecule has 0 rings (SSSR count). The summed E-state index contributed by atoms with van der Waals surface area (Å²) in [6.45, 7) is 2.16. The van der Waals surface area contributed by atoms with Gasteiger partial charge in [0.1, 0.15) is 6.54 Å². The highest BCUT2D eigenvalue weighted by molar-refractivity contribution is 5.82. The summed E-state index contributed by atoms with van der Waals surface area (Å²) < 4.78 is 0. The van der Waals surface area contributed by atoms with Crippen molar-refractivity contribution in [2.45, 2.75) is 32.3 Å². The zero-order valence-electron chi connectivity index (χ0n) is 11.0. The number of amides is 3. The number of hydrogen-bond donors (Lipinski definition) is 4. The summed E-state index contributed by atoms with van der Waals surface area (Å²) >= 11 is 0. The number of carboxylic acid groups (broad SMARTS) is 1. The number of hydrogen-bond acceptors (Lipinski definition) is 4. The normalized spacial score (nSPS) is 11.7. The summed E-state index contributed by atoms with van der Waals surface area (Å²) in [5, 5.41) is 19.9. The average Bonchev–Trinajstić information content (AvgIpc) is 2.33. The second kappa shape index (κ2) is 9.15. The van der Waals surface area contributed by atoms with Crippen LogP contribution in [0.25, 0.3) is 0 Å². The predicted molar refractivity (Wildman–Crippen MR) is 67.3 cm³/mol. The van der Waals surface area contributed by atoms with Crippen LogP contribution in [-0.2, 0) is 9.59 Å². The minimum atomic E-state index is -1.51. The number of unbranched alkanes of at least 4 members (excludes halogenated alkanes) is 1. The number of carbonyl (C=O) groups excluding carboxylic acids is 2. The van der Waals surface area contributed by atoms with Gasteiger partial charge in [0.25, 0.3) is 0 Å². The molecule has 0 bridgehead atoms. The minimum absolute atomic E-state index is 0.00763. The van der Waals surface area contributed by atoms with E-state index in [0.717, 1.165) is 12.8 Å². The van der Waals surface area contributed by atoms with Crippen molar-refractivity contribution in [3.63, 3.8) is 0 Å². The van der Waals surface area contributed by atoms with E-state index in [2.05, 4.69) is 5.32 Å². The Hall–Kier alpha value is -1.83. The first-order valence-electron chi connectivity index (χ1n) is 6.10. The Labute approximate surface area is 111 Å². The summed E-state index contributed by atoms with van der Waals surface area (Å²) in [6.07, 6.45) is -0.0154. The summed E-state index contributed by atoms with van der Waals surface area (Å²) in [5.41, 5.74) is 5.04. The van der Waals surface area contributed by atoms with Gasteiger partial charge >= 0.3 is 12.0 Å². The van der Waals surface area contributed by atoms with Crippen molar-refractivity contribution in [2.24, 2.45) is 5.73 Å². The first kappa shape index (κ1) is 17.2. The second-order valence-corrected chi connectivity index (χ2v) is 4.12. The van der Waals surface area contributed by atoms with Crippen molar-refractivity contribution in [1.82, 2.24) is 10.2 Å². The molecule has 0 aromatic rings. The molecule has 5 N–H and O–H groups in total. The van der Waals surface area contributed by atoms with Gasteiger partial charge in [0.15, 0.2) is 6.10 Å². The lowest BCUT2D eigenvalue weighted by Gasteiger charge is -2.21. The number of rotatable bonds is 9. The maximum atomic E-state index is 11.7. The molecule has 0 radical (unpaired) electrons. The van der Waals surface area contributed by atoms with Crippen LogP contribution in [0.4, 0.5) is 4.79 Å². The third-order valence-corrected chi connectivity index (χ3v) is 2.39. The van der Waals surface area contributed by atoms with Crippen molar-refractivity contribution < 1.29 is 24.6 Å². The lowest BCUT2D eigenvalue weighted by Crippen LogP contribution is -2.45. The molecule has 8 heteroatoms. The zero-order chi connectivity index (χ0) is 14.8. The fourth-order valence-electron chi connectivity index (χ4n) is 1.34. The molecule has 0 saturated heterocycles. The molecule has 0 aliphatic rings. The largest absolute Gasteiger partial charge is 0.479 e. The minimum Gasteiger partial charge on any atom is -0.479 e. The van der Waals surface area contributed by atoms with E-state index in [0.29, 0.717) is 6.54 Å². The molecule has 110 valence electrons. The number of primary amides is 1. The molecule has 0 heterocycles. The van der Waals surface area contributed by atoms with Gasteiger partial charge in [-0.25, -0.2) is 9.59 Å². The molecule has 0 saturated carbocycles. The molecule has 0 aromatic heterocycles. The number of aliphatic hydroxyl groups is 1. The SMILES string of the molecule is CCCCN(CC(N)=O)C(=O)NCCC(O)C(=O)O. The lowest BCUT2D eigenvalue weighted by atomic mass is 10.2. The number of urea groups is 1. The Bertz CT molecular complexity index is 321. The molecule has 1 atom stereocenters. The summed E-state index contributed by atoms with van der Waals surface area (Å²) in [6, 6.07) is -0.496. The van der Waals surface area contributed by atoms with E-state index >= 15 is 0 Å². The molecule has 19 heavy (non-hydrogen) atoms. The number of carbonyl (C=O) groups is 3. The van der Waals surface area contributed by atoms with Gasteiger partial charge in [0.05, 0.1) is 0 Å². The molecule has 0 aliphatic heterocycles. The number of nitrogens with zero attached hydrogens (tertiary/aromatic N) is 1. The number of nitrogens with two attached hydrogens (primary N) is 1. The molecule has 3 amide bonds. The Morgan fingerprint density at radius 1 is 1.37 bits per heavy atom. The van der Waals surface area contributed by atoms with E-state index in [-0.39, 0.29) is 19.5 Å². The summed E-state index contributed by atoms with van der Waals surface area (Å²) in [7, 11) is 0. The van der Waals surface area contributed by atoms with Crippen LogP contribution in [0.3, 0.4) is 0 Å². The fraction of sp³-hybridized carbons (Fsp3) is 0.727. The monoisotopic (exact) mass is 275 g/mol. The Kier molecular flexibility index (Phi) is 8.27. The maximum absolute atomic E-state index is 11.7. The van der Waals surface area contributed by atoms with Gasteiger partial charge in [-0.1, -0.05) is 13.3 Å². The van der Waals surface area contributed by atoms with E-state index < -0.39 is 24.0 Å². The highest BCUT2D eigenvalue weighted by atomic mass is 16.4. The number of carboxylic acids is 1. The number of aliphatic hydroxyl groups excluding tert-OH is 1. The van der Waals surface area contributed by atoms with Gasteiger partial charge in [0.2, 0.25) is 5.91 Å². The van der Waals surface area contributed by atoms with Crippen LogP contribution < -0.4 is 11.1 Å². The van der Waals surface area contributed by atoms with Crippen LogP contribution in [0.15, 0.2) is 0 Å². The second-order valence-electron chi connectivity index (χ2n) is 4.12. The predicted octanol–water partition coefficient (Wildman–Crippen LogP) is -0.881. The maximum Gasteiger partial charge on any atom is 0.332 e. The van der Waals surface area contributed by atoms with E-state index in [1.54, 1.807) is 0 Å². The molecular formula is C11H21N3O5. The Morgan fingerprint density at radius 2 is 2.00 bits per heavy atom. The molecular weight excluding hydrogens is 254 g/mol. The van der Waals surface area contributed by atoms with Gasteiger partial charge in [-0.3, -0.25) is 4.79 Å². The highest BCUT2D eigenvalue weighted by Gasteiger charge is 2.17. The molecule has 0 fully saturated rings. The quantitative estimate of drug-likeness (QED) is 0.433. The first-order valence-corrected chi connectivity index (χ1v) is 6.10. The van der Waals surface area contributed by atoms with Gasteiger partial charge in [-0.15, -0.1) is 0 Å². The first-order chi connectivity index (χ1) is 8.88. The van der Waals surface area contributed by atoms with Crippen LogP contribution in [0.5, 0.6) is 0 Å². The van der Waals surface area contributed by atoms with Crippen molar-refractivity contribution in [2.75, 3.05) is 19.6 Å². The van der Waals surface area contributed by atoms with Gasteiger partial charge in [-0.2, -0.15) is 0 Å². The molecule has 1 unspecified atom stereocenters. The fourth-order valence-corrected chi connectivity index (χ4v) is 1.34. The smallest absolute Gasteiger partial charge is 0.332 e. The van der Waals surface area contributed by atoms with E-state index in [1.165, 1.54) is 4.90 Å². The van der Waals surface area contributed by atoms with E-state index in [1.807, 2.05) is 6.92 Å². The van der Waals surface area contributed by atoms with Crippen molar-refractivity contribution in [3.05, 3.63) is 0 Å². The van der Waals surface area contributed by atoms with Gasteiger partial charge in [-0.05, 0) is 6.42 Å². The van der Waals surface area contributed by atoms with Crippen LogP contribution >= 0.6 is 0 Å². The number of nitrogens with one attached hydrogen (secondary N) is 1. The van der Waals surface area contributed by atoms with Crippen LogP contribution in [0, 0.1) is 0 Å². The Morgan fingerprint density at radius 3 is 2.47 bits per heavy atom. The van der Waals surface area contributed by atoms with E-state index in [9.17, 15) is 14.4 Å². The van der Waals surface area contributed by atoms with Crippen molar-refractivity contribution >= 4 is 17.9 Å². The van der Waals surface area contributed by atoms with Crippen LogP contribution in [-0.4, -0.2) is 58.8 Å². The molecule has 0 aliphatic carbocycles. The summed E-state index contributed by atoms with van der Waals surface area (Å²) in [5.74, 6) is -1.95.